The van der Waals surface area contributed by atoms with Crippen molar-refractivity contribution < 1.29 is 23.9 Å². The number of methoxy groups -OCH3 is 1. The van der Waals surface area contributed by atoms with E-state index in [4.69, 9.17) is 9.47 Å². The third-order valence-corrected chi connectivity index (χ3v) is 5.03. The first-order chi connectivity index (χ1) is 15.1. The van der Waals surface area contributed by atoms with Gasteiger partial charge in [0.1, 0.15) is 11.3 Å². The molecule has 2 amide bonds. The number of ether oxygens (including phenoxy) is 2. The number of nitrogens with zero attached hydrogens (tertiary/aromatic N) is 1. The van der Waals surface area contributed by atoms with Crippen molar-refractivity contribution >= 4 is 29.3 Å². The van der Waals surface area contributed by atoms with E-state index in [9.17, 15) is 14.4 Å². The zero-order chi connectivity index (χ0) is 23.5. The molecule has 9 nitrogen and oxygen atoms in total. The van der Waals surface area contributed by atoms with Crippen LogP contribution in [0, 0.1) is 0 Å². The van der Waals surface area contributed by atoms with Gasteiger partial charge in [-0.05, 0) is 57.0 Å². The summed E-state index contributed by atoms with van der Waals surface area (Å²) in [5.41, 5.74) is 2.65. The van der Waals surface area contributed by atoms with Crippen LogP contribution >= 0.6 is 0 Å². The Hall–Kier alpha value is -3.49. The van der Waals surface area contributed by atoms with Crippen molar-refractivity contribution in [2.75, 3.05) is 30.4 Å². The van der Waals surface area contributed by atoms with Gasteiger partial charge in [-0.25, -0.2) is 14.4 Å². The summed E-state index contributed by atoms with van der Waals surface area (Å²) in [5.74, 6) is -1.03. The summed E-state index contributed by atoms with van der Waals surface area (Å²) in [6, 6.07) is 7.31. The molecular formula is C23H30N4O5. The minimum atomic E-state index is -0.662. The molecule has 1 aromatic heterocycles. The van der Waals surface area contributed by atoms with E-state index in [1.165, 1.54) is 7.11 Å². The number of hydrogen-bond donors (Lipinski definition) is 3. The van der Waals surface area contributed by atoms with Crippen molar-refractivity contribution in [1.82, 2.24) is 10.3 Å². The Morgan fingerprint density at radius 2 is 1.84 bits per heavy atom. The quantitative estimate of drug-likeness (QED) is 0.566. The monoisotopic (exact) mass is 442 g/mol. The molecule has 3 N–H and O–H groups in total. The van der Waals surface area contributed by atoms with Crippen molar-refractivity contribution in [3.8, 4) is 0 Å². The molecule has 1 fully saturated rings. The average molecular weight is 443 g/mol. The number of benzene rings is 1. The molecule has 2 heterocycles. The van der Waals surface area contributed by atoms with Gasteiger partial charge < -0.3 is 25.1 Å². The summed E-state index contributed by atoms with van der Waals surface area (Å²) in [5, 5.41) is 6.02. The largest absolute Gasteiger partial charge is 0.465 e. The van der Waals surface area contributed by atoms with E-state index in [0.717, 1.165) is 11.4 Å². The van der Waals surface area contributed by atoms with Crippen molar-refractivity contribution in [3.63, 3.8) is 0 Å². The van der Waals surface area contributed by atoms with Gasteiger partial charge >= 0.3 is 18.0 Å². The molecule has 1 aliphatic heterocycles. The summed E-state index contributed by atoms with van der Waals surface area (Å²) >= 11 is 0. The summed E-state index contributed by atoms with van der Waals surface area (Å²) in [4.78, 5) is 41.8. The zero-order valence-corrected chi connectivity index (χ0v) is 19.1. The van der Waals surface area contributed by atoms with Crippen LogP contribution in [0.1, 0.15) is 59.8 Å². The van der Waals surface area contributed by atoms with E-state index >= 15 is 0 Å². The Balaban J connectivity index is 1.82. The van der Waals surface area contributed by atoms with Gasteiger partial charge in [0.05, 0.1) is 19.2 Å². The molecule has 1 saturated heterocycles. The Labute approximate surface area is 187 Å². The number of carbonyl (C=O) groups excluding carboxylic acids is 3. The third-order valence-electron chi connectivity index (χ3n) is 5.03. The lowest BCUT2D eigenvalue weighted by atomic mass is 10.1. The second-order valence-electron chi connectivity index (χ2n) is 8.46. The predicted octanol–water partition coefficient (Wildman–Crippen LogP) is 3.46. The molecule has 1 aliphatic rings. The lowest BCUT2D eigenvalue weighted by Crippen LogP contribution is -2.27. The Bertz CT molecular complexity index is 1000. The Kier molecular flexibility index (Phi) is 6.76. The van der Waals surface area contributed by atoms with E-state index in [-0.39, 0.29) is 18.3 Å². The van der Waals surface area contributed by atoms with Crippen LogP contribution in [0.4, 0.5) is 16.2 Å². The van der Waals surface area contributed by atoms with E-state index in [1.807, 2.05) is 31.2 Å². The lowest BCUT2D eigenvalue weighted by Gasteiger charge is -2.19. The van der Waals surface area contributed by atoms with Gasteiger partial charge in [0.15, 0.2) is 0 Å². The SMILES string of the molecule is CCc1c(C(=O)OC(C)(C)C)[nH]c(CNc2ccc(N3CCNC3=O)cc2)c1C(=O)OC. The number of rotatable bonds is 7. The smallest absolute Gasteiger partial charge is 0.355 e. The Morgan fingerprint density at radius 3 is 2.38 bits per heavy atom. The first-order valence-electron chi connectivity index (χ1n) is 10.6. The third kappa shape index (κ3) is 5.04. The first kappa shape index (κ1) is 23.2. The van der Waals surface area contributed by atoms with E-state index in [0.29, 0.717) is 36.3 Å². The number of aromatic amines is 1. The van der Waals surface area contributed by atoms with Crippen molar-refractivity contribution in [3.05, 3.63) is 46.8 Å². The van der Waals surface area contributed by atoms with Gasteiger partial charge in [0.25, 0.3) is 0 Å². The maximum Gasteiger partial charge on any atom is 0.355 e. The first-order valence-corrected chi connectivity index (χ1v) is 10.6. The van der Waals surface area contributed by atoms with Crippen LogP contribution < -0.4 is 15.5 Å². The van der Waals surface area contributed by atoms with Crippen LogP contribution in [-0.4, -0.2) is 48.8 Å². The summed E-state index contributed by atoms with van der Waals surface area (Å²) in [7, 11) is 1.31. The summed E-state index contributed by atoms with van der Waals surface area (Å²) in [6.07, 6.45) is 0.460. The average Bonchev–Trinajstić information content (AvgIpc) is 3.34. The lowest BCUT2D eigenvalue weighted by molar-refractivity contribution is 0.00621. The number of urea groups is 1. The topological polar surface area (TPSA) is 113 Å². The number of hydrogen-bond acceptors (Lipinski definition) is 6. The van der Waals surface area contributed by atoms with E-state index in [1.54, 1.807) is 25.7 Å². The molecule has 0 unspecified atom stereocenters. The molecule has 3 rings (SSSR count). The molecule has 0 bridgehead atoms. The highest BCUT2D eigenvalue weighted by Gasteiger charge is 2.29. The number of aromatic nitrogens is 1. The van der Waals surface area contributed by atoms with Crippen LogP contribution in [0.3, 0.4) is 0 Å². The standard InChI is InChI=1S/C23H30N4O5/c1-6-16-18(20(28)31-5)17(26-19(16)21(29)32-23(2,3)4)13-25-14-7-9-15(10-8-14)27-12-11-24-22(27)30/h7-10,25-26H,6,11-13H2,1-5H3,(H,24,30). The highest BCUT2D eigenvalue weighted by molar-refractivity contribution is 5.99. The van der Waals surface area contributed by atoms with Crippen molar-refractivity contribution in [1.29, 1.82) is 0 Å². The number of anilines is 2. The fourth-order valence-electron chi connectivity index (χ4n) is 3.60. The van der Waals surface area contributed by atoms with Crippen LogP contribution in [0.15, 0.2) is 24.3 Å². The fraction of sp³-hybridized carbons (Fsp3) is 0.435. The normalized spacial score (nSPS) is 13.7. The molecule has 2 aromatic rings. The van der Waals surface area contributed by atoms with Gasteiger partial charge in [0.2, 0.25) is 0 Å². The van der Waals surface area contributed by atoms with Crippen molar-refractivity contribution in [2.45, 2.75) is 46.3 Å². The number of esters is 2. The molecule has 0 spiro atoms. The molecule has 172 valence electrons. The minimum Gasteiger partial charge on any atom is -0.465 e. The fourth-order valence-corrected chi connectivity index (χ4v) is 3.60. The van der Waals surface area contributed by atoms with E-state index in [2.05, 4.69) is 15.6 Å². The second-order valence-corrected chi connectivity index (χ2v) is 8.46. The van der Waals surface area contributed by atoms with Crippen LogP contribution in [0.2, 0.25) is 0 Å². The van der Waals surface area contributed by atoms with Crippen LogP contribution in [-0.2, 0) is 22.4 Å². The minimum absolute atomic E-state index is 0.110. The van der Waals surface area contributed by atoms with Gasteiger partial charge in [-0.1, -0.05) is 6.92 Å². The molecule has 0 saturated carbocycles. The highest BCUT2D eigenvalue weighted by Crippen LogP contribution is 2.25. The molecule has 32 heavy (non-hydrogen) atoms. The number of amides is 2. The molecule has 0 atom stereocenters. The van der Waals surface area contributed by atoms with Gasteiger partial charge in [-0.15, -0.1) is 0 Å². The summed E-state index contributed by atoms with van der Waals surface area (Å²) in [6.45, 7) is 8.76. The molecular weight excluding hydrogens is 412 g/mol. The number of nitrogens with one attached hydrogen (secondary N) is 3. The Morgan fingerprint density at radius 1 is 1.16 bits per heavy atom. The van der Waals surface area contributed by atoms with Gasteiger partial charge in [-0.2, -0.15) is 0 Å². The number of carbonyl (C=O) groups is 3. The predicted molar refractivity (Wildman–Crippen MR) is 121 cm³/mol. The molecule has 1 aromatic carbocycles. The maximum absolute atomic E-state index is 12.7. The van der Waals surface area contributed by atoms with Gasteiger partial charge in [0, 0.05) is 30.2 Å². The zero-order valence-electron chi connectivity index (χ0n) is 19.1. The van der Waals surface area contributed by atoms with Crippen LogP contribution in [0.5, 0.6) is 0 Å². The maximum atomic E-state index is 12.7. The van der Waals surface area contributed by atoms with Crippen molar-refractivity contribution in [2.24, 2.45) is 0 Å². The summed E-state index contributed by atoms with van der Waals surface area (Å²) < 4.78 is 10.5. The second kappa shape index (κ2) is 9.33. The molecule has 0 aliphatic carbocycles. The molecule has 0 radical (unpaired) electrons. The molecule has 9 heteroatoms. The number of H-pyrrole nitrogens is 1. The van der Waals surface area contributed by atoms with E-state index < -0.39 is 17.5 Å². The van der Waals surface area contributed by atoms with Gasteiger partial charge in [-0.3, -0.25) is 4.90 Å². The van der Waals surface area contributed by atoms with Crippen LogP contribution in [0.25, 0.3) is 0 Å². The highest BCUT2D eigenvalue weighted by atomic mass is 16.6.